The first-order valence-electron chi connectivity index (χ1n) is 13.2. The van der Waals surface area contributed by atoms with E-state index < -0.39 is 5.63 Å². The summed E-state index contributed by atoms with van der Waals surface area (Å²) in [5.41, 5.74) is 2.80. The second-order valence-electron chi connectivity index (χ2n) is 10.3. The fraction of sp³-hybridized carbons (Fsp3) is 0.467. The first kappa shape index (κ1) is 24.6. The van der Waals surface area contributed by atoms with Gasteiger partial charge in [-0.2, -0.15) is 0 Å². The topological polar surface area (TPSA) is 63.0 Å². The molecule has 2 aliphatic rings. The van der Waals surface area contributed by atoms with Crippen molar-refractivity contribution < 1.29 is 13.9 Å². The molecule has 0 bridgehead atoms. The summed E-state index contributed by atoms with van der Waals surface area (Å²) < 4.78 is 11.1. The number of aryl methyl sites for hydroxylation is 1. The Kier molecular flexibility index (Phi) is 7.42. The minimum absolute atomic E-state index is 0.160. The molecule has 36 heavy (non-hydrogen) atoms. The second-order valence-corrected chi connectivity index (χ2v) is 10.3. The molecule has 0 unspecified atom stereocenters. The average Bonchev–Trinajstić information content (AvgIpc) is 2.91. The Morgan fingerprint density at radius 3 is 2.69 bits per heavy atom. The summed E-state index contributed by atoms with van der Waals surface area (Å²) in [7, 11) is 3.56. The zero-order valence-electron chi connectivity index (χ0n) is 21.4. The number of piperidine rings is 2. The van der Waals surface area contributed by atoms with Gasteiger partial charge in [0.1, 0.15) is 11.3 Å². The number of hydrogen-bond acceptors (Lipinski definition) is 5. The fourth-order valence-electron chi connectivity index (χ4n) is 6.15. The molecule has 0 radical (unpaired) electrons. The molecular weight excluding hydrogens is 452 g/mol. The Bertz CT molecular complexity index is 1270. The van der Waals surface area contributed by atoms with Gasteiger partial charge >= 0.3 is 5.63 Å². The predicted molar refractivity (Wildman–Crippen MR) is 142 cm³/mol. The lowest BCUT2D eigenvalue weighted by atomic mass is 9.83. The van der Waals surface area contributed by atoms with Gasteiger partial charge < -0.3 is 19.0 Å². The fourth-order valence-corrected chi connectivity index (χ4v) is 6.15. The molecule has 1 aromatic heterocycles. The maximum Gasteiger partial charge on any atom is 0.336 e. The van der Waals surface area contributed by atoms with E-state index in [0.29, 0.717) is 36.1 Å². The SMILES string of the molecule is COc1cc2oc(=O)cc(-c3ccccc3)c2cc1CCC(=O)N(C)C[C@H]1CCCN2CCCC[C@H]12. The lowest BCUT2D eigenvalue weighted by Crippen LogP contribution is -2.51. The standard InChI is InChI=1S/C30H36N2O4/c1-31(20-23-11-8-16-32-15-7-6-12-26(23)32)29(33)14-13-22-17-25-24(21-9-4-3-5-10-21)18-30(34)36-28(25)19-27(22)35-2/h3-5,9-10,17-19,23,26H,6-8,11-16,20H2,1-2H3/t23-,26-/m1/s1. The quantitative estimate of drug-likeness (QED) is 0.432. The molecular formula is C30H36N2O4. The number of benzene rings is 2. The van der Waals surface area contributed by atoms with Gasteiger partial charge in [-0.05, 0) is 73.9 Å². The normalized spacial score (nSPS) is 20.2. The minimum Gasteiger partial charge on any atom is -0.496 e. The van der Waals surface area contributed by atoms with E-state index in [1.54, 1.807) is 13.2 Å². The van der Waals surface area contributed by atoms with Gasteiger partial charge in [-0.25, -0.2) is 4.79 Å². The van der Waals surface area contributed by atoms with Crippen LogP contribution >= 0.6 is 0 Å². The zero-order chi connectivity index (χ0) is 25.1. The molecule has 2 atom stereocenters. The molecule has 0 saturated carbocycles. The van der Waals surface area contributed by atoms with Crippen molar-refractivity contribution in [3.63, 3.8) is 0 Å². The summed E-state index contributed by atoms with van der Waals surface area (Å²) in [5, 5.41) is 0.844. The summed E-state index contributed by atoms with van der Waals surface area (Å²) in [4.78, 5) is 30.0. The van der Waals surface area contributed by atoms with E-state index in [4.69, 9.17) is 9.15 Å². The number of amides is 1. The molecule has 6 nitrogen and oxygen atoms in total. The van der Waals surface area contributed by atoms with Crippen LogP contribution in [-0.4, -0.2) is 55.5 Å². The van der Waals surface area contributed by atoms with Crippen LogP contribution in [0.15, 0.2) is 57.7 Å². The van der Waals surface area contributed by atoms with Gasteiger partial charge in [0.25, 0.3) is 0 Å². The van der Waals surface area contributed by atoms with E-state index in [9.17, 15) is 9.59 Å². The maximum atomic E-state index is 13.2. The van der Waals surface area contributed by atoms with Crippen molar-refractivity contribution >= 4 is 16.9 Å². The number of carbonyl (C=O) groups is 1. The summed E-state index contributed by atoms with van der Waals surface area (Å²) in [5.74, 6) is 1.36. The molecule has 190 valence electrons. The molecule has 2 aromatic carbocycles. The number of rotatable bonds is 7. The highest BCUT2D eigenvalue weighted by Crippen LogP contribution is 2.34. The van der Waals surface area contributed by atoms with E-state index in [0.717, 1.165) is 28.6 Å². The molecule has 6 heteroatoms. The molecule has 0 aliphatic carbocycles. The van der Waals surface area contributed by atoms with Gasteiger partial charge in [0, 0.05) is 43.6 Å². The Morgan fingerprint density at radius 2 is 1.89 bits per heavy atom. The van der Waals surface area contributed by atoms with Crippen LogP contribution in [0.5, 0.6) is 5.75 Å². The second kappa shape index (κ2) is 10.9. The van der Waals surface area contributed by atoms with Crippen molar-refractivity contribution in [2.24, 2.45) is 5.92 Å². The molecule has 3 aromatic rings. The number of methoxy groups -OCH3 is 1. The molecule has 0 spiro atoms. The third-order valence-electron chi connectivity index (χ3n) is 8.00. The molecule has 2 fully saturated rings. The summed E-state index contributed by atoms with van der Waals surface area (Å²) in [6, 6.07) is 15.8. The van der Waals surface area contributed by atoms with Crippen LogP contribution in [-0.2, 0) is 11.2 Å². The van der Waals surface area contributed by atoms with Crippen molar-refractivity contribution in [1.82, 2.24) is 9.80 Å². The summed E-state index contributed by atoms with van der Waals surface area (Å²) in [6.07, 6.45) is 7.30. The van der Waals surface area contributed by atoms with Crippen LogP contribution in [0.3, 0.4) is 0 Å². The molecule has 1 amide bonds. The number of ether oxygens (including phenoxy) is 1. The van der Waals surface area contributed by atoms with Crippen molar-refractivity contribution in [2.75, 3.05) is 33.8 Å². The van der Waals surface area contributed by atoms with Gasteiger partial charge in [-0.3, -0.25) is 4.79 Å². The predicted octanol–water partition coefficient (Wildman–Crippen LogP) is 5.12. The van der Waals surface area contributed by atoms with Crippen LogP contribution in [0.25, 0.3) is 22.1 Å². The molecule has 2 saturated heterocycles. The highest BCUT2D eigenvalue weighted by molar-refractivity contribution is 5.94. The van der Waals surface area contributed by atoms with Gasteiger partial charge in [0.15, 0.2) is 0 Å². The third-order valence-corrected chi connectivity index (χ3v) is 8.00. The van der Waals surface area contributed by atoms with E-state index in [-0.39, 0.29) is 5.91 Å². The number of nitrogens with zero attached hydrogens (tertiary/aromatic N) is 2. The Morgan fingerprint density at radius 1 is 1.08 bits per heavy atom. The first-order chi connectivity index (χ1) is 17.5. The maximum absolute atomic E-state index is 13.2. The van der Waals surface area contributed by atoms with Crippen molar-refractivity contribution in [2.45, 2.75) is 51.0 Å². The Balaban J connectivity index is 1.33. The van der Waals surface area contributed by atoms with Crippen LogP contribution in [0, 0.1) is 5.92 Å². The highest BCUT2D eigenvalue weighted by Gasteiger charge is 2.34. The minimum atomic E-state index is -0.396. The van der Waals surface area contributed by atoms with Crippen molar-refractivity contribution in [1.29, 1.82) is 0 Å². The highest BCUT2D eigenvalue weighted by atomic mass is 16.5. The Hall–Kier alpha value is -3.12. The van der Waals surface area contributed by atoms with Gasteiger partial charge in [-0.15, -0.1) is 0 Å². The van der Waals surface area contributed by atoms with Crippen LogP contribution in [0.1, 0.15) is 44.1 Å². The monoisotopic (exact) mass is 488 g/mol. The number of fused-ring (bicyclic) bond motifs is 2. The number of carbonyl (C=O) groups excluding carboxylic acids is 1. The van der Waals surface area contributed by atoms with E-state index in [1.165, 1.54) is 51.3 Å². The third kappa shape index (κ3) is 5.19. The smallest absolute Gasteiger partial charge is 0.336 e. The lowest BCUT2D eigenvalue weighted by molar-refractivity contribution is -0.131. The number of hydrogen-bond donors (Lipinski definition) is 0. The van der Waals surface area contributed by atoms with Crippen LogP contribution < -0.4 is 10.4 Å². The van der Waals surface area contributed by atoms with E-state index in [1.807, 2.05) is 48.3 Å². The first-order valence-corrected chi connectivity index (χ1v) is 13.2. The molecule has 2 aliphatic heterocycles. The summed E-state index contributed by atoms with van der Waals surface area (Å²) >= 11 is 0. The molecule has 5 rings (SSSR count). The van der Waals surface area contributed by atoms with Gasteiger partial charge in [0.05, 0.1) is 7.11 Å². The lowest BCUT2D eigenvalue weighted by Gasteiger charge is -2.45. The van der Waals surface area contributed by atoms with E-state index >= 15 is 0 Å². The zero-order valence-corrected chi connectivity index (χ0v) is 21.4. The van der Waals surface area contributed by atoms with Crippen LogP contribution in [0.2, 0.25) is 0 Å². The summed E-state index contributed by atoms with van der Waals surface area (Å²) in [6.45, 7) is 3.26. The van der Waals surface area contributed by atoms with Gasteiger partial charge in [-0.1, -0.05) is 36.8 Å². The van der Waals surface area contributed by atoms with Crippen LogP contribution in [0.4, 0.5) is 0 Å². The Labute approximate surface area is 212 Å². The van der Waals surface area contributed by atoms with E-state index in [2.05, 4.69) is 4.90 Å². The van der Waals surface area contributed by atoms with Gasteiger partial charge in [0.2, 0.25) is 5.91 Å². The van der Waals surface area contributed by atoms with Crippen molar-refractivity contribution in [3.05, 3.63) is 64.5 Å². The molecule has 3 heterocycles. The van der Waals surface area contributed by atoms with Crippen molar-refractivity contribution in [3.8, 4) is 16.9 Å². The average molecular weight is 489 g/mol. The largest absolute Gasteiger partial charge is 0.496 e. The molecule has 0 N–H and O–H groups in total.